The molecule has 2 aromatic rings. The number of carbonyl (C=O) groups is 1. The number of nitrogens with one attached hydrogen (secondary N) is 1. The van der Waals surface area contributed by atoms with Crippen LogP contribution in [0.4, 0.5) is 0 Å². The number of methoxy groups -OCH3 is 1. The molecule has 0 spiro atoms. The van der Waals surface area contributed by atoms with E-state index in [1.165, 1.54) is 13.2 Å². The Morgan fingerprint density at radius 2 is 2.27 bits per heavy atom. The van der Waals surface area contributed by atoms with E-state index in [-0.39, 0.29) is 11.7 Å². The number of carbonyl (C=O) groups excluding carboxylic acids is 1. The highest BCUT2D eigenvalue weighted by molar-refractivity contribution is 5.91. The topological polar surface area (TPSA) is 97.1 Å². The zero-order valence-corrected chi connectivity index (χ0v) is 12.7. The third-order valence-corrected chi connectivity index (χ3v) is 3.94. The lowest BCUT2D eigenvalue weighted by Gasteiger charge is -2.29. The Kier molecular flexibility index (Phi) is 4.08. The number of aromatic nitrogens is 4. The molecule has 0 unspecified atom stereocenters. The van der Waals surface area contributed by atoms with Gasteiger partial charge in [0.1, 0.15) is 5.82 Å². The molecule has 1 aliphatic rings. The van der Waals surface area contributed by atoms with E-state index in [4.69, 9.17) is 9.26 Å². The van der Waals surface area contributed by atoms with Crippen molar-refractivity contribution in [3.05, 3.63) is 23.5 Å². The number of piperidine rings is 1. The van der Waals surface area contributed by atoms with E-state index in [9.17, 15) is 4.79 Å². The van der Waals surface area contributed by atoms with Crippen LogP contribution in [-0.4, -0.2) is 51.3 Å². The highest BCUT2D eigenvalue weighted by Gasteiger charge is 2.28. The number of aromatic amines is 1. The molecule has 118 valence electrons. The Labute approximate surface area is 127 Å². The normalized spacial score (nSPS) is 16.0. The second-order valence-corrected chi connectivity index (χ2v) is 5.29. The maximum atomic E-state index is 12.3. The van der Waals surface area contributed by atoms with E-state index in [2.05, 4.69) is 20.3 Å². The molecule has 8 nitrogen and oxygen atoms in total. The van der Waals surface area contributed by atoms with Crippen LogP contribution in [0.15, 0.2) is 10.6 Å². The number of likely N-dealkylation sites (tertiary alicyclic amines) is 1. The van der Waals surface area contributed by atoms with Crippen molar-refractivity contribution < 1.29 is 14.1 Å². The summed E-state index contributed by atoms with van der Waals surface area (Å²) in [5.74, 6) is 2.42. The summed E-state index contributed by atoms with van der Waals surface area (Å²) in [5.41, 5.74) is 0. The lowest BCUT2D eigenvalue weighted by molar-refractivity contribution is 0.0669. The van der Waals surface area contributed by atoms with Crippen molar-refractivity contribution >= 4 is 5.91 Å². The van der Waals surface area contributed by atoms with Crippen molar-refractivity contribution in [2.75, 3.05) is 20.2 Å². The molecule has 0 atom stereocenters. The highest BCUT2D eigenvalue weighted by Crippen LogP contribution is 2.26. The van der Waals surface area contributed by atoms with E-state index < -0.39 is 0 Å². The summed E-state index contributed by atoms with van der Waals surface area (Å²) in [6.45, 7) is 3.35. The summed E-state index contributed by atoms with van der Waals surface area (Å²) in [7, 11) is 1.49. The molecule has 0 radical (unpaired) electrons. The average molecular weight is 305 g/mol. The van der Waals surface area contributed by atoms with E-state index in [0.29, 0.717) is 24.9 Å². The van der Waals surface area contributed by atoms with Gasteiger partial charge in [-0.25, -0.2) is 4.98 Å². The third-order valence-electron chi connectivity index (χ3n) is 3.94. The molecular formula is C14H19N5O3. The van der Waals surface area contributed by atoms with Crippen LogP contribution >= 0.6 is 0 Å². The van der Waals surface area contributed by atoms with Crippen LogP contribution in [-0.2, 0) is 6.42 Å². The largest absolute Gasteiger partial charge is 0.479 e. The summed E-state index contributed by atoms with van der Waals surface area (Å²) in [5, 5.41) is 10.9. The molecule has 8 heteroatoms. The quantitative estimate of drug-likeness (QED) is 0.916. The Balaban J connectivity index is 1.60. The van der Waals surface area contributed by atoms with Crippen molar-refractivity contribution in [1.29, 1.82) is 0 Å². The van der Waals surface area contributed by atoms with Gasteiger partial charge >= 0.3 is 0 Å². The van der Waals surface area contributed by atoms with Gasteiger partial charge in [-0.1, -0.05) is 6.92 Å². The molecule has 1 saturated heterocycles. The molecule has 0 bridgehead atoms. The number of hydrogen-bond donors (Lipinski definition) is 1. The van der Waals surface area contributed by atoms with Crippen LogP contribution < -0.4 is 4.74 Å². The van der Waals surface area contributed by atoms with Gasteiger partial charge in [0.2, 0.25) is 5.76 Å². The number of amides is 1. The predicted molar refractivity (Wildman–Crippen MR) is 76.7 cm³/mol. The average Bonchev–Trinajstić information content (AvgIpc) is 3.23. The maximum Gasteiger partial charge on any atom is 0.292 e. The fourth-order valence-electron chi connectivity index (χ4n) is 2.60. The van der Waals surface area contributed by atoms with Crippen molar-refractivity contribution in [1.82, 2.24) is 25.2 Å². The minimum atomic E-state index is -0.154. The van der Waals surface area contributed by atoms with Gasteiger partial charge in [0, 0.05) is 25.4 Å². The van der Waals surface area contributed by atoms with E-state index >= 15 is 0 Å². The molecule has 0 aromatic carbocycles. The molecule has 1 aliphatic heterocycles. The smallest absolute Gasteiger partial charge is 0.292 e. The van der Waals surface area contributed by atoms with Gasteiger partial charge in [-0.05, 0) is 18.0 Å². The highest BCUT2D eigenvalue weighted by atomic mass is 16.5. The van der Waals surface area contributed by atoms with E-state index in [0.717, 1.165) is 30.9 Å². The molecule has 3 rings (SSSR count). The Morgan fingerprint density at radius 3 is 2.86 bits per heavy atom. The standard InChI is InChI=1S/C14H19N5O3/c1-3-11-15-13(17-16-11)9-4-6-19(7-5-9)14(20)10-8-12(21-2)18-22-10/h8-9H,3-7H2,1-2H3,(H,15,16,17). The van der Waals surface area contributed by atoms with E-state index in [1.807, 2.05) is 6.92 Å². The van der Waals surface area contributed by atoms with Crippen molar-refractivity contribution in [3.63, 3.8) is 0 Å². The lowest BCUT2D eigenvalue weighted by atomic mass is 9.96. The van der Waals surface area contributed by atoms with Gasteiger partial charge in [0.25, 0.3) is 11.8 Å². The Bertz CT molecular complexity index is 642. The van der Waals surface area contributed by atoms with Crippen LogP contribution in [0.3, 0.4) is 0 Å². The molecule has 3 heterocycles. The third kappa shape index (κ3) is 2.81. The Hall–Kier alpha value is -2.38. The molecule has 0 saturated carbocycles. The number of rotatable bonds is 4. The second kappa shape index (κ2) is 6.17. The second-order valence-electron chi connectivity index (χ2n) is 5.29. The first-order valence-electron chi connectivity index (χ1n) is 7.42. The Morgan fingerprint density at radius 1 is 1.50 bits per heavy atom. The van der Waals surface area contributed by atoms with Crippen LogP contribution in [0.1, 0.15) is 47.9 Å². The SMILES string of the molecule is CCc1nc(C2CCN(C(=O)c3cc(OC)no3)CC2)n[nH]1. The molecular weight excluding hydrogens is 286 g/mol. The number of ether oxygens (including phenoxy) is 1. The van der Waals surface area contributed by atoms with Gasteiger partial charge < -0.3 is 14.2 Å². The minimum absolute atomic E-state index is 0.154. The zero-order chi connectivity index (χ0) is 15.5. The predicted octanol–water partition coefficient (Wildman–Crippen LogP) is 1.38. The van der Waals surface area contributed by atoms with Crippen molar-refractivity contribution in [2.45, 2.75) is 32.1 Å². The lowest BCUT2D eigenvalue weighted by Crippen LogP contribution is -2.38. The number of hydrogen-bond acceptors (Lipinski definition) is 6. The number of nitrogens with zero attached hydrogens (tertiary/aromatic N) is 4. The van der Waals surface area contributed by atoms with E-state index in [1.54, 1.807) is 4.90 Å². The van der Waals surface area contributed by atoms with Gasteiger partial charge in [-0.15, -0.1) is 0 Å². The number of H-pyrrole nitrogens is 1. The van der Waals surface area contributed by atoms with Crippen LogP contribution in [0, 0.1) is 0 Å². The molecule has 1 fully saturated rings. The summed E-state index contributed by atoms with van der Waals surface area (Å²) < 4.78 is 9.93. The summed E-state index contributed by atoms with van der Waals surface area (Å²) >= 11 is 0. The fourth-order valence-corrected chi connectivity index (χ4v) is 2.60. The molecule has 1 amide bonds. The van der Waals surface area contributed by atoms with Crippen LogP contribution in [0.5, 0.6) is 5.88 Å². The minimum Gasteiger partial charge on any atom is -0.479 e. The van der Waals surface area contributed by atoms with Gasteiger partial charge in [-0.3, -0.25) is 9.89 Å². The summed E-state index contributed by atoms with van der Waals surface area (Å²) in [6, 6.07) is 1.51. The van der Waals surface area contributed by atoms with Gasteiger partial charge in [0.15, 0.2) is 5.82 Å². The molecule has 1 N–H and O–H groups in total. The first kappa shape index (κ1) is 14.6. The summed E-state index contributed by atoms with van der Waals surface area (Å²) in [6.07, 6.45) is 2.54. The van der Waals surface area contributed by atoms with Crippen LogP contribution in [0.25, 0.3) is 0 Å². The van der Waals surface area contributed by atoms with Crippen LogP contribution in [0.2, 0.25) is 0 Å². The monoisotopic (exact) mass is 305 g/mol. The molecule has 2 aromatic heterocycles. The number of aryl methyl sites for hydroxylation is 1. The summed E-state index contributed by atoms with van der Waals surface area (Å²) in [4.78, 5) is 18.6. The maximum absolute atomic E-state index is 12.3. The zero-order valence-electron chi connectivity index (χ0n) is 12.7. The van der Waals surface area contributed by atoms with Crippen molar-refractivity contribution in [2.24, 2.45) is 0 Å². The first-order chi connectivity index (χ1) is 10.7. The van der Waals surface area contributed by atoms with Gasteiger partial charge in [0.05, 0.1) is 13.2 Å². The molecule has 22 heavy (non-hydrogen) atoms. The first-order valence-corrected chi connectivity index (χ1v) is 7.42. The van der Waals surface area contributed by atoms with Crippen molar-refractivity contribution in [3.8, 4) is 5.88 Å². The molecule has 0 aliphatic carbocycles. The van der Waals surface area contributed by atoms with Gasteiger partial charge in [-0.2, -0.15) is 5.10 Å². The fraction of sp³-hybridized carbons (Fsp3) is 0.571.